The van der Waals surface area contributed by atoms with Crippen LogP contribution in [0.4, 0.5) is 0 Å². The van der Waals surface area contributed by atoms with E-state index in [2.05, 4.69) is 13.8 Å². The topological polar surface area (TPSA) is 85.3 Å². The second-order valence-corrected chi connectivity index (χ2v) is 13.0. The standard InChI is InChI=1S/C33H51NO6/c1-7-21(3)33(37)40-30-15-20(2)14-24-10-8-22(4)27(32(24)30)12-11-25-17-26(35)18-31(36)34(25)19-23-9-13-28(38-5)29(16-23)39-6/h9,13,16,20-22,24-27,30,32,35H,7-8,10-12,14-15,17-19H2,1-6H3. The number of hydrogen-bond donors (Lipinski definition) is 1. The number of amides is 1. The van der Waals surface area contributed by atoms with Crippen LogP contribution in [0.5, 0.6) is 11.5 Å². The molecule has 1 aromatic carbocycles. The number of aliphatic hydroxyl groups is 1. The van der Waals surface area contributed by atoms with Crippen molar-refractivity contribution in [1.29, 1.82) is 0 Å². The van der Waals surface area contributed by atoms with Gasteiger partial charge in [0.1, 0.15) is 6.10 Å². The highest BCUT2D eigenvalue weighted by molar-refractivity contribution is 5.78. The van der Waals surface area contributed by atoms with E-state index in [1.807, 2.05) is 36.9 Å². The molecule has 0 bridgehead atoms. The summed E-state index contributed by atoms with van der Waals surface area (Å²) in [4.78, 5) is 28.0. The number of likely N-dealkylation sites (tertiary alicyclic amines) is 1. The number of benzene rings is 1. The Morgan fingerprint density at radius 2 is 1.82 bits per heavy atom. The van der Waals surface area contributed by atoms with Gasteiger partial charge in [0.15, 0.2) is 11.5 Å². The predicted molar refractivity (Wildman–Crippen MR) is 155 cm³/mol. The molecule has 3 aliphatic rings. The van der Waals surface area contributed by atoms with Gasteiger partial charge in [-0.05, 0) is 86.3 Å². The third-order valence-electron chi connectivity index (χ3n) is 10.2. The van der Waals surface area contributed by atoms with Gasteiger partial charge in [0, 0.05) is 18.5 Å². The van der Waals surface area contributed by atoms with Crippen LogP contribution >= 0.6 is 0 Å². The molecular weight excluding hydrogens is 506 g/mol. The van der Waals surface area contributed by atoms with Crippen molar-refractivity contribution in [3.8, 4) is 11.5 Å². The Bertz CT molecular complexity index is 1010. The predicted octanol–water partition coefficient (Wildman–Crippen LogP) is 6.00. The number of ether oxygens (including phenoxy) is 3. The fourth-order valence-electron chi connectivity index (χ4n) is 7.77. The molecular formula is C33H51NO6. The highest BCUT2D eigenvalue weighted by Crippen LogP contribution is 2.51. The van der Waals surface area contributed by atoms with Gasteiger partial charge in [-0.3, -0.25) is 9.59 Å². The molecule has 9 unspecified atom stereocenters. The number of carbonyl (C=O) groups excluding carboxylic acids is 2. The lowest BCUT2D eigenvalue weighted by atomic mass is 9.58. The van der Waals surface area contributed by atoms with E-state index in [4.69, 9.17) is 14.2 Å². The Morgan fingerprint density at radius 1 is 1.07 bits per heavy atom. The minimum absolute atomic E-state index is 0.0000417. The minimum Gasteiger partial charge on any atom is -0.493 e. The van der Waals surface area contributed by atoms with Crippen molar-refractivity contribution in [3.05, 3.63) is 23.8 Å². The van der Waals surface area contributed by atoms with Gasteiger partial charge in [0.05, 0.1) is 32.7 Å². The van der Waals surface area contributed by atoms with Crippen LogP contribution in [-0.4, -0.2) is 54.4 Å². The Balaban J connectivity index is 1.51. The molecule has 9 atom stereocenters. The van der Waals surface area contributed by atoms with Crippen LogP contribution in [0.25, 0.3) is 0 Å². The smallest absolute Gasteiger partial charge is 0.308 e. The van der Waals surface area contributed by atoms with Gasteiger partial charge in [-0.15, -0.1) is 0 Å². The maximum Gasteiger partial charge on any atom is 0.308 e. The zero-order valence-electron chi connectivity index (χ0n) is 25.4. The Morgan fingerprint density at radius 3 is 2.52 bits per heavy atom. The van der Waals surface area contributed by atoms with Crippen molar-refractivity contribution in [2.45, 2.75) is 110 Å². The van der Waals surface area contributed by atoms with Gasteiger partial charge in [0.25, 0.3) is 0 Å². The minimum atomic E-state index is -0.601. The fraction of sp³-hybridized carbons (Fsp3) is 0.758. The molecule has 2 saturated carbocycles. The maximum absolute atomic E-state index is 13.2. The summed E-state index contributed by atoms with van der Waals surface area (Å²) in [6.45, 7) is 9.14. The summed E-state index contributed by atoms with van der Waals surface area (Å²) in [6, 6.07) is 5.76. The van der Waals surface area contributed by atoms with Gasteiger partial charge in [-0.2, -0.15) is 0 Å². The molecule has 1 aliphatic heterocycles. The molecule has 3 fully saturated rings. The molecule has 1 saturated heterocycles. The fourth-order valence-corrected chi connectivity index (χ4v) is 7.77. The number of nitrogens with zero attached hydrogens (tertiary/aromatic N) is 1. The maximum atomic E-state index is 13.2. The molecule has 1 heterocycles. The van der Waals surface area contributed by atoms with Crippen molar-refractivity contribution < 1.29 is 28.9 Å². The first-order valence-electron chi connectivity index (χ1n) is 15.5. The molecule has 224 valence electrons. The van der Waals surface area contributed by atoms with Crippen LogP contribution in [0, 0.1) is 35.5 Å². The summed E-state index contributed by atoms with van der Waals surface area (Å²) in [5.74, 6) is 3.68. The number of fused-ring (bicyclic) bond motifs is 1. The lowest BCUT2D eigenvalue weighted by Crippen LogP contribution is -2.50. The van der Waals surface area contributed by atoms with Crippen LogP contribution in [0.15, 0.2) is 18.2 Å². The normalized spacial score (nSPS) is 33.2. The molecule has 7 nitrogen and oxygen atoms in total. The number of hydrogen-bond acceptors (Lipinski definition) is 6. The number of piperidine rings is 1. The third kappa shape index (κ3) is 6.95. The quantitative estimate of drug-likeness (QED) is 0.355. The van der Waals surface area contributed by atoms with E-state index < -0.39 is 6.10 Å². The van der Waals surface area contributed by atoms with Crippen LogP contribution in [-0.2, 0) is 20.9 Å². The van der Waals surface area contributed by atoms with Crippen molar-refractivity contribution in [2.24, 2.45) is 35.5 Å². The highest BCUT2D eigenvalue weighted by atomic mass is 16.5. The van der Waals surface area contributed by atoms with E-state index in [9.17, 15) is 14.7 Å². The monoisotopic (exact) mass is 557 g/mol. The van der Waals surface area contributed by atoms with Crippen molar-refractivity contribution in [2.75, 3.05) is 14.2 Å². The van der Waals surface area contributed by atoms with Gasteiger partial charge in [-0.25, -0.2) is 0 Å². The van der Waals surface area contributed by atoms with Crippen molar-refractivity contribution >= 4 is 11.9 Å². The van der Waals surface area contributed by atoms with Gasteiger partial charge >= 0.3 is 5.97 Å². The molecule has 0 radical (unpaired) electrons. The van der Waals surface area contributed by atoms with E-state index in [1.54, 1.807) is 14.2 Å². The summed E-state index contributed by atoms with van der Waals surface area (Å²) in [7, 11) is 3.23. The molecule has 1 amide bonds. The van der Waals surface area contributed by atoms with Crippen LogP contribution in [0.1, 0.15) is 91.0 Å². The molecule has 0 spiro atoms. The Labute approximate surface area is 240 Å². The van der Waals surface area contributed by atoms with E-state index in [0.717, 1.165) is 31.2 Å². The molecule has 4 rings (SSSR count). The average Bonchev–Trinajstić information content (AvgIpc) is 2.93. The lowest BCUT2D eigenvalue weighted by molar-refractivity contribution is -0.167. The average molecular weight is 558 g/mol. The lowest BCUT2D eigenvalue weighted by Gasteiger charge is -2.50. The van der Waals surface area contributed by atoms with Crippen LogP contribution in [0.3, 0.4) is 0 Å². The SMILES string of the molecule is CCC(C)C(=O)OC1CC(C)CC2CCC(C)C(CCC3CC(O)CC(=O)N3Cc3ccc(OC)c(OC)c3)C21. The summed E-state index contributed by atoms with van der Waals surface area (Å²) in [5, 5.41) is 10.6. The second kappa shape index (κ2) is 13.6. The summed E-state index contributed by atoms with van der Waals surface area (Å²) >= 11 is 0. The first kappa shape index (κ1) is 30.7. The van der Waals surface area contributed by atoms with Gasteiger partial charge < -0.3 is 24.2 Å². The van der Waals surface area contributed by atoms with Crippen molar-refractivity contribution in [3.63, 3.8) is 0 Å². The molecule has 40 heavy (non-hydrogen) atoms. The number of methoxy groups -OCH3 is 2. The first-order valence-corrected chi connectivity index (χ1v) is 15.5. The Hall–Kier alpha value is -2.28. The van der Waals surface area contributed by atoms with E-state index >= 15 is 0 Å². The zero-order chi connectivity index (χ0) is 29.0. The number of aliphatic hydroxyl groups excluding tert-OH is 1. The summed E-state index contributed by atoms with van der Waals surface area (Å²) < 4.78 is 17.1. The molecule has 2 aliphatic carbocycles. The van der Waals surface area contributed by atoms with Gasteiger partial charge in [0.2, 0.25) is 5.91 Å². The summed E-state index contributed by atoms with van der Waals surface area (Å²) in [5.41, 5.74) is 0.983. The molecule has 0 aromatic heterocycles. The molecule has 1 N–H and O–H groups in total. The second-order valence-electron chi connectivity index (χ2n) is 13.0. The zero-order valence-corrected chi connectivity index (χ0v) is 25.4. The van der Waals surface area contributed by atoms with E-state index in [0.29, 0.717) is 54.1 Å². The molecule has 1 aromatic rings. The van der Waals surface area contributed by atoms with Gasteiger partial charge in [-0.1, -0.05) is 40.2 Å². The summed E-state index contributed by atoms with van der Waals surface area (Å²) in [6.07, 6.45) is 7.30. The highest BCUT2D eigenvalue weighted by Gasteiger charge is 2.47. The van der Waals surface area contributed by atoms with Crippen molar-refractivity contribution in [1.82, 2.24) is 4.90 Å². The number of carbonyl (C=O) groups is 2. The van der Waals surface area contributed by atoms with Crippen LogP contribution < -0.4 is 9.47 Å². The largest absolute Gasteiger partial charge is 0.493 e. The number of rotatable bonds is 10. The number of esters is 1. The third-order valence-corrected chi connectivity index (χ3v) is 10.2. The molecule has 7 heteroatoms. The first-order chi connectivity index (χ1) is 19.1. The van der Waals surface area contributed by atoms with E-state index in [1.165, 1.54) is 19.3 Å². The van der Waals surface area contributed by atoms with E-state index in [-0.39, 0.29) is 36.4 Å². The Kier molecular flexibility index (Phi) is 10.4. The van der Waals surface area contributed by atoms with Crippen LogP contribution in [0.2, 0.25) is 0 Å².